The average Bonchev–Trinajstić information content (AvgIpc) is 2.48. The molecule has 1 atom stereocenters. The summed E-state index contributed by atoms with van der Waals surface area (Å²) in [6.07, 6.45) is 3.95. The van der Waals surface area contributed by atoms with Crippen LogP contribution in [-0.2, 0) is 0 Å². The fourth-order valence-electron chi connectivity index (χ4n) is 0.420. The molecule has 0 saturated carbocycles. The van der Waals surface area contributed by atoms with Crippen molar-refractivity contribution < 1.29 is 0 Å². The van der Waals surface area contributed by atoms with E-state index in [0.29, 0.717) is 6.04 Å². The van der Waals surface area contributed by atoms with E-state index in [1.807, 2.05) is 33.9 Å². The van der Waals surface area contributed by atoms with Crippen LogP contribution in [0.3, 0.4) is 0 Å². The van der Waals surface area contributed by atoms with Gasteiger partial charge in [0.05, 0.1) is 0 Å². The monoisotopic (exact) mass is 144 g/mol. The maximum Gasteiger partial charge on any atom is 0.0429 e. The van der Waals surface area contributed by atoms with Crippen LogP contribution in [0.15, 0.2) is 12.3 Å². The predicted molar refractivity (Wildman–Crippen MR) is 47.6 cm³/mol. The first kappa shape index (κ1) is 12.2. The molecule has 0 aromatic carbocycles. The van der Waals surface area contributed by atoms with Crippen molar-refractivity contribution in [3.05, 3.63) is 12.3 Å². The van der Waals surface area contributed by atoms with Crippen LogP contribution < -0.4 is 10.9 Å². The van der Waals surface area contributed by atoms with Crippen LogP contribution in [0.4, 0.5) is 0 Å². The highest BCUT2D eigenvalue weighted by Crippen LogP contribution is 1.84. The fourth-order valence-corrected chi connectivity index (χ4v) is 0.420. The molecule has 10 heavy (non-hydrogen) atoms. The third-order valence-electron chi connectivity index (χ3n) is 0.779. The van der Waals surface area contributed by atoms with E-state index in [-0.39, 0.29) is 0 Å². The Morgan fingerprint density at radius 3 is 1.70 bits per heavy atom. The minimum absolute atomic E-state index is 0.505. The normalized spacial score (nSPS) is 19.5. The fraction of sp³-hybridized carbons (Fsp3) is 0.750. The van der Waals surface area contributed by atoms with Gasteiger partial charge in [0.1, 0.15) is 0 Å². The molecule has 0 aromatic heterocycles. The maximum atomic E-state index is 2.96. The number of nitrogens with one attached hydrogen (secondary N) is 2. The lowest BCUT2D eigenvalue weighted by Crippen LogP contribution is -2.27. The third-order valence-corrected chi connectivity index (χ3v) is 0.779. The molecular formula is C8H20N2. The summed E-state index contributed by atoms with van der Waals surface area (Å²) in [7, 11) is 0. The Bertz CT molecular complexity index is 69.7. The molecule has 0 bridgehead atoms. The van der Waals surface area contributed by atoms with E-state index in [4.69, 9.17) is 0 Å². The first-order valence-corrected chi connectivity index (χ1v) is 4.07. The van der Waals surface area contributed by atoms with Crippen molar-refractivity contribution in [3.63, 3.8) is 0 Å². The molecule has 1 rings (SSSR count). The van der Waals surface area contributed by atoms with Crippen molar-refractivity contribution in [2.24, 2.45) is 0 Å². The van der Waals surface area contributed by atoms with Crippen molar-refractivity contribution in [2.45, 2.75) is 40.7 Å². The zero-order valence-corrected chi connectivity index (χ0v) is 7.73. The smallest absolute Gasteiger partial charge is 0.0429 e. The molecule has 2 nitrogen and oxygen atoms in total. The van der Waals surface area contributed by atoms with E-state index in [9.17, 15) is 0 Å². The van der Waals surface area contributed by atoms with Gasteiger partial charge >= 0.3 is 0 Å². The summed E-state index contributed by atoms with van der Waals surface area (Å²) in [6, 6.07) is 0.505. The minimum Gasteiger partial charge on any atom is -0.328 e. The van der Waals surface area contributed by atoms with Gasteiger partial charge in [-0.3, -0.25) is 0 Å². The molecule has 0 aromatic rings. The minimum atomic E-state index is 0.505. The van der Waals surface area contributed by atoms with Crippen LogP contribution in [0.2, 0.25) is 0 Å². The van der Waals surface area contributed by atoms with Gasteiger partial charge in [-0.1, -0.05) is 27.7 Å². The molecule has 1 unspecified atom stereocenters. The van der Waals surface area contributed by atoms with Gasteiger partial charge in [-0.15, -0.1) is 0 Å². The summed E-state index contributed by atoms with van der Waals surface area (Å²) < 4.78 is 0. The van der Waals surface area contributed by atoms with Crippen molar-refractivity contribution in [1.82, 2.24) is 10.9 Å². The second-order valence-corrected chi connectivity index (χ2v) is 1.44. The van der Waals surface area contributed by atoms with Crippen LogP contribution in [0.1, 0.15) is 34.6 Å². The molecule has 0 spiro atoms. The highest BCUT2D eigenvalue weighted by atomic mass is 15.4. The van der Waals surface area contributed by atoms with E-state index in [1.165, 1.54) is 0 Å². The van der Waals surface area contributed by atoms with E-state index in [0.717, 1.165) is 0 Å². The van der Waals surface area contributed by atoms with E-state index in [1.54, 1.807) is 0 Å². The van der Waals surface area contributed by atoms with E-state index in [2.05, 4.69) is 23.9 Å². The first-order valence-electron chi connectivity index (χ1n) is 4.07. The molecular weight excluding hydrogens is 124 g/mol. The molecule has 62 valence electrons. The van der Waals surface area contributed by atoms with Gasteiger partial charge < -0.3 is 5.43 Å². The van der Waals surface area contributed by atoms with Crippen molar-refractivity contribution in [1.29, 1.82) is 0 Å². The van der Waals surface area contributed by atoms with Gasteiger partial charge in [0.25, 0.3) is 0 Å². The van der Waals surface area contributed by atoms with Gasteiger partial charge in [0.2, 0.25) is 0 Å². The van der Waals surface area contributed by atoms with Gasteiger partial charge in [-0.2, -0.15) is 0 Å². The highest BCUT2D eigenvalue weighted by molar-refractivity contribution is 4.93. The highest BCUT2D eigenvalue weighted by Gasteiger charge is 1.95. The lowest BCUT2D eigenvalue weighted by Gasteiger charge is -1.95. The predicted octanol–water partition coefficient (Wildman–Crippen LogP) is 2.05. The molecule has 1 heterocycles. The lowest BCUT2D eigenvalue weighted by atomic mass is 10.4. The lowest BCUT2D eigenvalue weighted by molar-refractivity contribution is 0.621. The Morgan fingerprint density at radius 1 is 1.10 bits per heavy atom. The Morgan fingerprint density at radius 2 is 1.60 bits per heavy atom. The van der Waals surface area contributed by atoms with E-state index >= 15 is 0 Å². The summed E-state index contributed by atoms with van der Waals surface area (Å²) >= 11 is 0. The first-order chi connectivity index (χ1) is 4.89. The quantitative estimate of drug-likeness (QED) is 0.543. The molecule has 1 aliphatic rings. The van der Waals surface area contributed by atoms with Crippen molar-refractivity contribution >= 4 is 0 Å². The molecule has 0 radical (unpaired) electrons. The zero-order valence-electron chi connectivity index (χ0n) is 7.73. The average molecular weight is 144 g/mol. The van der Waals surface area contributed by atoms with E-state index < -0.39 is 0 Å². The molecule has 0 saturated heterocycles. The Kier molecular flexibility index (Phi) is 13.8. The van der Waals surface area contributed by atoms with Crippen LogP contribution >= 0.6 is 0 Å². The number of hydrogen-bond donors (Lipinski definition) is 2. The Balaban J connectivity index is 0. The summed E-state index contributed by atoms with van der Waals surface area (Å²) in [5.74, 6) is 0. The van der Waals surface area contributed by atoms with Gasteiger partial charge in [-0.05, 0) is 13.0 Å². The van der Waals surface area contributed by atoms with Crippen molar-refractivity contribution in [3.8, 4) is 0 Å². The second-order valence-electron chi connectivity index (χ2n) is 1.44. The molecule has 2 heteroatoms. The van der Waals surface area contributed by atoms with Crippen molar-refractivity contribution in [2.75, 3.05) is 0 Å². The van der Waals surface area contributed by atoms with Gasteiger partial charge in [-0.25, -0.2) is 5.43 Å². The maximum absolute atomic E-state index is 2.96. The molecule has 2 N–H and O–H groups in total. The third kappa shape index (κ3) is 7.50. The number of rotatable bonds is 0. The van der Waals surface area contributed by atoms with Crippen LogP contribution in [0, 0.1) is 0 Å². The molecule has 0 aliphatic carbocycles. The second kappa shape index (κ2) is 11.3. The Labute approximate surface area is 64.7 Å². The standard InChI is InChI=1S/C4H8N2.2C2H6/c1-4-2-3-5-6-4;2*1-2/h2-6H,1H3;2*1-2H3. The van der Waals surface area contributed by atoms with Crippen LogP contribution in [-0.4, -0.2) is 6.04 Å². The number of hydrazine groups is 1. The number of hydrogen-bond acceptors (Lipinski definition) is 2. The summed E-state index contributed by atoms with van der Waals surface area (Å²) in [4.78, 5) is 0. The Hall–Kier alpha value is -0.500. The zero-order chi connectivity index (χ0) is 8.41. The van der Waals surface area contributed by atoms with Gasteiger partial charge in [0.15, 0.2) is 0 Å². The topological polar surface area (TPSA) is 24.1 Å². The summed E-state index contributed by atoms with van der Waals surface area (Å²) in [5.41, 5.74) is 5.80. The molecule has 0 fully saturated rings. The largest absolute Gasteiger partial charge is 0.328 e. The van der Waals surface area contributed by atoms with Gasteiger partial charge in [0, 0.05) is 12.2 Å². The van der Waals surface area contributed by atoms with Crippen LogP contribution in [0.5, 0.6) is 0 Å². The molecule has 0 amide bonds. The van der Waals surface area contributed by atoms with Crippen LogP contribution in [0.25, 0.3) is 0 Å². The summed E-state index contributed by atoms with van der Waals surface area (Å²) in [5, 5.41) is 0. The SMILES string of the molecule is CC.CC.CC1C=CNN1. The molecule has 1 aliphatic heterocycles. The summed E-state index contributed by atoms with van der Waals surface area (Å²) in [6.45, 7) is 10.1.